The third-order valence-electron chi connectivity index (χ3n) is 3.37. The van der Waals surface area contributed by atoms with Crippen molar-refractivity contribution in [2.24, 2.45) is 5.41 Å². The number of nitrogens with zero attached hydrogens (tertiary/aromatic N) is 1. The van der Waals surface area contributed by atoms with Crippen molar-refractivity contribution in [1.82, 2.24) is 0 Å². The van der Waals surface area contributed by atoms with E-state index in [1.165, 1.54) is 19.1 Å². The molecule has 1 atom stereocenters. The van der Waals surface area contributed by atoms with E-state index in [9.17, 15) is 24.5 Å². The lowest BCUT2D eigenvalue weighted by Crippen LogP contribution is -2.40. The largest absolute Gasteiger partial charge is 0.466 e. The second-order valence-corrected chi connectivity index (χ2v) is 5.17. The fourth-order valence-electron chi connectivity index (χ4n) is 2.09. The molecule has 0 aromatic heterocycles. The van der Waals surface area contributed by atoms with Gasteiger partial charge in [-0.05, 0) is 32.9 Å². The minimum Gasteiger partial charge on any atom is -0.466 e. The zero-order valence-electron chi connectivity index (χ0n) is 13.7. The number of hydrogen-bond acceptors (Lipinski definition) is 7. The Kier molecular flexibility index (Phi) is 6.58. The van der Waals surface area contributed by atoms with Gasteiger partial charge in [0.2, 0.25) is 0 Å². The number of ketones is 1. The summed E-state index contributed by atoms with van der Waals surface area (Å²) in [5.41, 5.74) is -1.88. The lowest BCUT2D eigenvalue weighted by Gasteiger charge is -2.24. The van der Waals surface area contributed by atoms with Gasteiger partial charge in [0.25, 0.3) is 5.69 Å². The third-order valence-corrected chi connectivity index (χ3v) is 3.37. The van der Waals surface area contributed by atoms with Gasteiger partial charge in [0, 0.05) is 17.7 Å². The quantitative estimate of drug-likeness (QED) is 0.235. The van der Waals surface area contributed by atoms with E-state index in [-0.39, 0.29) is 24.5 Å². The highest BCUT2D eigenvalue weighted by Crippen LogP contribution is 2.30. The van der Waals surface area contributed by atoms with Gasteiger partial charge < -0.3 is 9.47 Å². The molecule has 1 rings (SSSR count). The van der Waals surface area contributed by atoms with Gasteiger partial charge in [-0.15, -0.1) is 0 Å². The number of carbonyl (C=O) groups is 3. The van der Waals surface area contributed by atoms with Crippen LogP contribution in [-0.2, 0) is 19.1 Å². The van der Waals surface area contributed by atoms with Crippen molar-refractivity contribution in [2.45, 2.75) is 27.2 Å². The molecule has 0 spiro atoms. The zero-order valence-corrected chi connectivity index (χ0v) is 13.7. The summed E-state index contributed by atoms with van der Waals surface area (Å²) in [6.07, 6.45) is -0.477. The van der Waals surface area contributed by atoms with Gasteiger partial charge in [0.05, 0.1) is 24.6 Å². The Labute approximate surface area is 138 Å². The Morgan fingerprint density at radius 3 is 2.08 bits per heavy atom. The van der Waals surface area contributed by atoms with Crippen LogP contribution in [0.1, 0.15) is 37.6 Å². The molecule has 1 aromatic carbocycles. The lowest BCUT2D eigenvalue weighted by atomic mass is 9.79. The average molecular weight is 337 g/mol. The van der Waals surface area contributed by atoms with Crippen LogP contribution in [0, 0.1) is 15.5 Å². The first-order valence-corrected chi connectivity index (χ1v) is 7.38. The zero-order chi connectivity index (χ0) is 18.3. The summed E-state index contributed by atoms with van der Waals surface area (Å²) in [6.45, 7) is 4.65. The van der Waals surface area contributed by atoms with E-state index in [1.807, 2.05) is 0 Å². The molecule has 0 aliphatic heterocycles. The van der Waals surface area contributed by atoms with Crippen molar-refractivity contribution in [3.05, 3.63) is 39.9 Å². The van der Waals surface area contributed by atoms with Crippen molar-refractivity contribution >= 4 is 23.4 Å². The number of hydrogen-bond donors (Lipinski definition) is 0. The van der Waals surface area contributed by atoms with Gasteiger partial charge in [0.1, 0.15) is 5.41 Å². The summed E-state index contributed by atoms with van der Waals surface area (Å²) in [5.74, 6) is -2.21. The summed E-state index contributed by atoms with van der Waals surface area (Å²) >= 11 is 0. The van der Waals surface area contributed by atoms with Gasteiger partial charge in [-0.2, -0.15) is 0 Å². The Balaban J connectivity index is 3.17. The number of Topliss-reactive ketones (excluding diaryl/α,β-unsaturated/α-hetero) is 1. The molecule has 130 valence electrons. The first-order valence-electron chi connectivity index (χ1n) is 7.38. The molecule has 0 N–H and O–H groups in total. The van der Waals surface area contributed by atoms with Crippen LogP contribution in [0.25, 0.3) is 0 Å². The molecule has 1 aromatic rings. The molecule has 0 radical (unpaired) electrons. The molecule has 0 aliphatic rings. The predicted molar refractivity (Wildman–Crippen MR) is 83.4 cm³/mol. The molecule has 0 amide bonds. The van der Waals surface area contributed by atoms with Crippen molar-refractivity contribution < 1.29 is 28.8 Å². The highest BCUT2D eigenvalue weighted by Gasteiger charge is 2.45. The first-order chi connectivity index (χ1) is 11.3. The van der Waals surface area contributed by atoms with Crippen molar-refractivity contribution in [3.8, 4) is 0 Å². The van der Waals surface area contributed by atoms with E-state index in [1.54, 1.807) is 13.8 Å². The van der Waals surface area contributed by atoms with Gasteiger partial charge in [0.15, 0.2) is 5.78 Å². The second-order valence-electron chi connectivity index (χ2n) is 5.17. The summed E-state index contributed by atoms with van der Waals surface area (Å²) in [6, 6.07) is 4.79. The third kappa shape index (κ3) is 4.37. The van der Waals surface area contributed by atoms with Crippen LogP contribution >= 0.6 is 0 Å². The molecule has 8 heteroatoms. The molecule has 0 heterocycles. The van der Waals surface area contributed by atoms with E-state index in [0.29, 0.717) is 0 Å². The maximum atomic E-state index is 12.7. The number of non-ortho nitro benzene ring substituents is 1. The number of benzene rings is 1. The molecule has 0 fully saturated rings. The fraction of sp³-hybridized carbons (Fsp3) is 0.438. The molecule has 1 unspecified atom stereocenters. The standard InChI is InChI=1S/C16H19NO7/c1-4-23-13(18)10-16(3,15(20)24-5-2)14(19)11-6-8-12(9-7-11)17(21)22/h6-9H,4-5,10H2,1-3H3. The number of rotatable bonds is 8. The van der Waals surface area contributed by atoms with E-state index in [4.69, 9.17) is 9.47 Å². The fourth-order valence-corrected chi connectivity index (χ4v) is 2.09. The van der Waals surface area contributed by atoms with Crippen molar-refractivity contribution in [3.63, 3.8) is 0 Å². The molecule has 8 nitrogen and oxygen atoms in total. The van der Waals surface area contributed by atoms with Crippen LogP contribution in [-0.4, -0.2) is 35.9 Å². The van der Waals surface area contributed by atoms with Crippen LogP contribution in [0.3, 0.4) is 0 Å². The average Bonchev–Trinajstić information content (AvgIpc) is 2.54. The highest BCUT2D eigenvalue weighted by molar-refractivity contribution is 6.13. The maximum Gasteiger partial charge on any atom is 0.320 e. The molecule has 0 saturated carbocycles. The van der Waals surface area contributed by atoms with Gasteiger partial charge >= 0.3 is 11.9 Å². The van der Waals surface area contributed by atoms with E-state index in [0.717, 1.165) is 12.1 Å². The van der Waals surface area contributed by atoms with Gasteiger partial charge in [-0.25, -0.2) is 0 Å². The Morgan fingerprint density at radius 1 is 1.08 bits per heavy atom. The van der Waals surface area contributed by atoms with Crippen LogP contribution < -0.4 is 0 Å². The number of ether oxygens (including phenoxy) is 2. The number of nitro groups is 1. The predicted octanol–water partition coefficient (Wildman–Crippen LogP) is 2.30. The summed E-state index contributed by atoms with van der Waals surface area (Å²) in [7, 11) is 0. The highest BCUT2D eigenvalue weighted by atomic mass is 16.6. The molecule has 0 aliphatic carbocycles. The molecular formula is C16H19NO7. The van der Waals surface area contributed by atoms with E-state index < -0.39 is 34.5 Å². The SMILES string of the molecule is CCOC(=O)CC(C)(C(=O)OCC)C(=O)c1ccc([N+](=O)[O-])cc1. The van der Waals surface area contributed by atoms with Crippen LogP contribution in [0.5, 0.6) is 0 Å². The summed E-state index contributed by atoms with van der Waals surface area (Å²) in [5, 5.41) is 10.7. The number of esters is 2. The van der Waals surface area contributed by atoms with E-state index in [2.05, 4.69) is 0 Å². The smallest absolute Gasteiger partial charge is 0.320 e. The number of nitro benzene ring substituents is 1. The second kappa shape index (κ2) is 8.19. The normalized spacial score (nSPS) is 12.8. The monoisotopic (exact) mass is 337 g/mol. The van der Waals surface area contributed by atoms with Gasteiger partial charge in [-0.1, -0.05) is 0 Å². The number of carbonyl (C=O) groups excluding carboxylic acids is 3. The summed E-state index contributed by atoms with van der Waals surface area (Å²) < 4.78 is 9.73. The molecule has 24 heavy (non-hydrogen) atoms. The van der Waals surface area contributed by atoms with Crippen LogP contribution in [0.4, 0.5) is 5.69 Å². The summed E-state index contributed by atoms with van der Waals surface area (Å²) in [4.78, 5) is 46.8. The first kappa shape index (κ1) is 19.3. The molecular weight excluding hydrogens is 318 g/mol. The van der Waals surface area contributed by atoms with E-state index >= 15 is 0 Å². The lowest BCUT2D eigenvalue weighted by molar-refractivity contribution is -0.384. The minimum absolute atomic E-state index is 0.0464. The molecule has 0 bridgehead atoms. The Bertz CT molecular complexity index is 638. The van der Waals surface area contributed by atoms with Gasteiger partial charge in [-0.3, -0.25) is 24.5 Å². The van der Waals surface area contributed by atoms with Crippen molar-refractivity contribution in [2.75, 3.05) is 13.2 Å². The van der Waals surface area contributed by atoms with Crippen LogP contribution in [0.15, 0.2) is 24.3 Å². The minimum atomic E-state index is -1.77. The maximum absolute atomic E-state index is 12.7. The topological polar surface area (TPSA) is 113 Å². The Hall–Kier alpha value is -2.77. The Morgan fingerprint density at radius 2 is 1.62 bits per heavy atom. The molecule has 0 saturated heterocycles. The van der Waals surface area contributed by atoms with Crippen LogP contribution in [0.2, 0.25) is 0 Å². The van der Waals surface area contributed by atoms with Crippen molar-refractivity contribution in [1.29, 1.82) is 0 Å².